The van der Waals surface area contributed by atoms with Crippen molar-refractivity contribution in [3.05, 3.63) is 72.9 Å². The number of carbonyl (C=O) groups is 2. The highest BCUT2D eigenvalue weighted by atomic mass is 16.3. The molecular formula is C46H62O3. The number of aliphatic hydroxyl groups is 1. The Hall–Kier alpha value is -4.02. The van der Waals surface area contributed by atoms with Crippen molar-refractivity contribution in [1.29, 1.82) is 0 Å². The second kappa shape index (κ2) is 38.4. The number of carbonyl (C=O) groups excluding carboxylic acids is 2. The molecule has 0 saturated carbocycles. The van der Waals surface area contributed by atoms with E-state index in [1.165, 1.54) is 76.4 Å². The lowest BCUT2D eigenvalue weighted by molar-refractivity contribution is -0.110. The van der Waals surface area contributed by atoms with E-state index in [0.29, 0.717) is 0 Å². The van der Waals surface area contributed by atoms with Gasteiger partial charge in [-0.15, -0.1) is 12.8 Å². The third kappa shape index (κ3) is 38.3. The van der Waals surface area contributed by atoms with Crippen LogP contribution >= 0.6 is 0 Å². The SMILES string of the molecule is C#CC(=O)C=CCCC=CCCCCC=CCCC#CC(O)C#CC=CCCC=CCCCCCCCCCCCCCC=CC(=O)C#C. The van der Waals surface area contributed by atoms with Crippen molar-refractivity contribution >= 4 is 11.6 Å². The molecule has 3 heteroatoms. The molecule has 0 aromatic carbocycles. The van der Waals surface area contributed by atoms with Crippen LogP contribution in [0, 0.1) is 48.4 Å². The van der Waals surface area contributed by atoms with Crippen LogP contribution in [0.25, 0.3) is 0 Å². The molecule has 0 radical (unpaired) electrons. The minimum atomic E-state index is -0.896. The molecule has 1 unspecified atom stereocenters. The lowest BCUT2D eigenvalue weighted by Gasteiger charge is -2.02. The Morgan fingerprint density at radius 1 is 0.469 bits per heavy atom. The van der Waals surface area contributed by atoms with Gasteiger partial charge in [0.1, 0.15) is 0 Å². The Labute approximate surface area is 300 Å². The van der Waals surface area contributed by atoms with Crippen molar-refractivity contribution in [2.24, 2.45) is 0 Å². The summed E-state index contributed by atoms with van der Waals surface area (Å²) in [5, 5.41) is 9.92. The molecule has 0 spiro atoms. The molecule has 1 atom stereocenters. The first-order valence-electron chi connectivity index (χ1n) is 18.7. The summed E-state index contributed by atoms with van der Waals surface area (Å²) in [4.78, 5) is 21.9. The molecule has 0 saturated heterocycles. The van der Waals surface area contributed by atoms with Gasteiger partial charge in [-0.2, -0.15) is 0 Å². The van der Waals surface area contributed by atoms with Gasteiger partial charge in [-0.1, -0.05) is 136 Å². The van der Waals surface area contributed by atoms with Gasteiger partial charge >= 0.3 is 0 Å². The first-order chi connectivity index (χ1) is 24.1. The summed E-state index contributed by atoms with van der Waals surface area (Å²) < 4.78 is 0. The molecule has 0 aliphatic carbocycles. The molecule has 264 valence electrons. The molecule has 0 aliphatic rings. The molecule has 1 N–H and O–H groups in total. The monoisotopic (exact) mass is 662 g/mol. The van der Waals surface area contributed by atoms with Crippen LogP contribution in [0.3, 0.4) is 0 Å². The summed E-state index contributed by atoms with van der Waals surface area (Å²) in [5.41, 5.74) is 0. The molecular weight excluding hydrogens is 601 g/mol. The minimum Gasteiger partial charge on any atom is -0.369 e. The molecule has 0 fully saturated rings. The molecule has 0 aliphatic heterocycles. The summed E-state index contributed by atoms with van der Waals surface area (Å²) in [6, 6.07) is 0. The van der Waals surface area contributed by atoms with Crippen LogP contribution in [0.4, 0.5) is 0 Å². The average molecular weight is 663 g/mol. The first-order valence-corrected chi connectivity index (χ1v) is 18.7. The number of allylic oxidation sites excluding steroid dienone is 12. The molecule has 3 nitrogen and oxygen atoms in total. The zero-order valence-corrected chi connectivity index (χ0v) is 30.2. The number of unbranched alkanes of at least 4 members (excludes halogenated alkanes) is 18. The lowest BCUT2D eigenvalue weighted by atomic mass is 10.0. The molecule has 0 rings (SSSR count). The van der Waals surface area contributed by atoms with Crippen LogP contribution in [-0.2, 0) is 9.59 Å². The highest BCUT2D eigenvalue weighted by Gasteiger charge is 1.94. The third-order valence-corrected chi connectivity index (χ3v) is 7.65. The normalized spacial score (nSPS) is 12.1. The maximum absolute atomic E-state index is 11.0. The Bertz CT molecular complexity index is 1230. The molecule has 0 aromatic rings. The Balaban J connectivity index is 3.57. The molecule has 0 amide bonds. The van der Waals surface area contributed by atoms with E-state index >= 15 is 0 Å². The first kappa shape index (κ1) is 45.0. The van der Waals surface area contributed by atoms with Gasteiger partial charge in [-0.25, -0.2) is 0 Å². The number of aliphatic hydroxyl groups excluding tert-OH is 1. The largest absolute Gasteiger partial charge is 0.369 e. The van der Waals surface area contributed by atoms with Crippen LogP contribution in [0.5, 0.6) is 0 Å². The number of rotatable bonds is 29. The van der Waals surface area contributed by atoms with Crippen molar-refractivity contribution in [3.63, 3.8) is 0 Å². The third-order valence-electron chi connectivity index (χ3n) is 7.65. The summed E-state index contributed by atoms with van der Waals surface area (Å²) in [5.74, 6) is 15.1. The fourth-order valence-electron chi connectivity index (χ4n) is 4.84. The molecule has 0 bridgehead atoms. The summed E-state index contributed by atoms with van der Waals surface area (Å²) in [7, 11) is 0. The highest BCUT2D eigenvalue weighted by molar-refractivity contribution is 6.04. The fourth-order valence-corrected chi connectivity index (χ4v) is 4.84. The van der Waals surface area contributed by atoms with Gasteiger partial charge in [0.25, 0.3) is 0 Å². The summed E-state index contributed by atoms with van der Waals surface area (Å²) >= 11 is 0. The smallest absolute Gasteiger partial charge is 0.228 e. The van der Waals surface area contributed by atoms with E-state index in [1.807, 2.05) is 24.3 Å². The van der Waals surface area contributed by atoms with E-state index in [-0.39, 0.29) is 11.6 Å². The van der Waals surface area contributed by atoms with Crippen molar-refractivity contribution in [2.45, 2.75) is 154 Å². The van der Waals surface area contributed by atoms with E-state index in [0.717, 1.165) is 83.5 Å². The number of terminal acetylenes is 2. The van der Waals surface area contributed by atoms with E-state index < -0.39 is 6.10 Å². The number of ketones is 2. The Morgan fingerprint density at radius 3 is 1.35 bits per heavy atom. The van der Waals surface area contributed by atoms with Crippen molar-refractivity contribution < 1.29 is 14.7 Å². The van der Waals surface area contributed by atoms with E-state index in [1.54, 1.807) is 0 Å². The van der Waals surface area contributed by atoms with Gasteiger partial charge < -0.3 is 5.11 Å². The van der Waals surface area contributed by atoms with Gasteiger partial charge in [-0.3, -0.25) is 9.59 Å². The van der Waals surface area contributed by atoms with Crippen molar-refractivity contribution in [2.75, 3.05) is 0 Å². The Kier molecular flexibility index (Phi) is 35.3. The number of hydrogen-bond acceptors (Lipinski definition) is 3. The van der Waals surface area contributed by atoms with Crippen molar-refractivity contribution in [1.82, 2.24) is 0 Å². The van der Waals surface area contributed by atoms with E-state index in [4.69, 9.17) is 12.8 Å². The number of hydrogen-bond donors (Lipinski definition) is 1. The predicted octanol–water partition coefficient (Wildman–Crippen LogP) is 11.1. The highest BCUT2D eigenvalue weighted by Crippen LogP contribution is 2.13. The van der Waals surface area contributed by atoms with Gasteiger partial charge in [0.05, 0.1) is 0 Å². The summed E-state index contributed by atoms with van der Waals surface area (Å²) in [6.07, 6.45) is 59.2. The summed E-state index contributed by atoms with van der Waals surface area (Å²) in [6.45, 7) is 0. The van der Waals surface area contributed by atoms with Crippen LogP contribution in [-0.4, -0.2) is 22.8 Å². The van der Waals surface area contributed by atoms with Gasteiger partial charge in [0, 0.05) is 6.42 Å². The minimum absolute atomic E-state index is 0.236. The predicted molar refractivity (Wildman–Crippen MR) is 210 cm³/mol. The van der Waals surface area contributed by atoms with Crippen LogP contribution in [0.2, 0.25) is 0 Å². The standard InChI is InChI=1S/C46H62O3/c1-3-44(47)40-36-32-28-24-20-16-12-10-8-6-5-7-9-11-13-18-22-26-30-34-38-42-46(49)43-39-35-31-27-23-19-15-14-17-21-25-29-33-37-41-45(48)4-2/h1-2,13,18,21,23,25,27,30,34,36-37,40-41,46,49H,5-12,14-17,19-20,22,24,26,28-29,31-33,35H2. The average Bonchev–Trinajstić information content (AvgIpc) is 3.11. The Morgan fingerprint density at radius 2 is 0.837 bits per heavy atom. The van der Waals surface area contributed by atoms with Gasteiger partial charge in [0.2, 0.25) is 11.6 Å². The second-order valence-electron chi connectivity index (χ2n) is 12.1. The zero-order valence-electron chi connectivity index (χ0n) is 30.2. The van der Waals surface area contributed by atoms with Gasteiger partial charge in [0.15, 0.2) is 6.10 Å². The van der Waals surface area contributed by atoms with Crippen LogP contribution < -0.4 is 0 Å². The van der Waals surface area contributed by atoms with E-state index in [2.05, 4.69) is 72.0 Å². The van der Waals surface area contributed by atoms with Crippen LogP contribution in [0.15, 0.2) is 72.9 Å². The van der Waals surface area contributed by atoms with E-state index in [9.17, 15) is 14.7 Å². The fraction of sp³-hybridized carbons (Fsp3) is 0.522. The van der Waals surface area contributed by atoms with Crippen LogP contribution in [0.1, 0.15) is 148 Å². The maximum atomic E-state index is 11.0. The molecule has 49 heavy (non-hydrogen) atoms. The molecule has 0 heterocycles. The second-order valence-corrected chi connectivity index (χ2v) is 12.1. The zero-order chi connectivity index (χ0) is 35.7. The van der Waals surface area contributed by atoms with Gasteiger partial charge in [-0.05, 0) is 114 Å². The lowest BCUT2D eigenvalue weighted by Crippen LogP contribution is -1.96. The quantitative estimate of drug-likeness (QED) is 0.0285. The topological polar surface area (TPSA) is 54.4 Å². The molecule has 0 aromatic heterocycles. The maximum Gasteiger partial charge on any atom is 0.228 e. The van der Waals surface area contributed by atoms with Crippen molar-refractivity contribution in [3.8, 4) is 48.4 Å².